The third-order valence-corrected chi connectivity index (χ3v) is 7.74. The molecule has 2 nitrogen and oxygen atoms in total. The summed E-state index contributed by atoms with van der Waals surface area (Å²) in [6.07, 6.45) is 3.20. The summed E-state index contributed by atoms with van der Waals surface area (Å²) in [5.74, 6) is 0.255. The first-order chi connectivity index (χ1) is 16.0. The van der Waals surface area contributed by atoms with Gasteiger partial charge in [-0.2, -0.15) is 0 Å². The number of ether oxygens (including phenoxy) is 1. The topological polar surface area (TPSA) is 12.5 Å². The zero-order valence-corrected chi connectivity index (χ0v) is 19.3. The van der Waals surface area contributed by atoms with Crippen LogP contribution in [0.15, 0.2) is 72.8 Å². The Hall–Kier alpha value is -2.56. The van der Waals surface area contributed by atoms with E-state index in [1.807, 2.05) is 0 Å². The van der Waals surface area contributed by atoms with E-state index in [1.54, 1.807) is 24.3 Å². The largest absolute Gasteiger partial charge is 0.368 e. The Labute approximate surface area is 195 Å². The molecule has 3 aromatic carbocycles. The van der Waals surface area contributed by atoms with Crippen molar-refractivity contribution in [3.05, 3.63) is 107 Å². The van der Waals surface area contributed by atoms with Gasteiger partial charge in [-0.05, 0) is 80.1 Å². The Morgan fingerprint density at radius 2 is 1.42 bits per heavy atom. The highest BCUT2D eigenvalue weighted by atomic mass is 19.1. The molecule has 0 aromatic heterocycles. The van der Waals surface area contributed by atoms with E-state index >= 15 is 0 Å². The minimum absolute atomic E-state index is 0.276. The summed E-state index contributed by atoms with van der Waals surface area (Å²) in [6.45, 7) is 2.72. The lowest BCUT2D eigenvalue weighted by atomic mass is 9.76. The fraction of sp³-hybridized carbons (Fsp3) is 0.379. The van der Waals surface area contributed by atoms with Crippen LogP contribution in [0.1, 0.15) is 53.5 Å². The van der Waals surface area contributed by atoms with Crippen molar-refractivity contribution in [1.29, 1.82) is 0 Å². The number of piperidine rings is 1. The van der Waals surface area contributed by atoms with Crippen molar-refractivity contribution in [1.82, 2.24) is 4.90 Å². The predicted octanol–water partition coefficient (Wildman–Crippen LogP) is 6.65. The van der Waals surface area contributed by atoms with E-state index in [9.17, 15) is 8.78 Å². The summed E-state index contributed by atoms with van der Waals surface area (Å²) in [5.41, 5.74) is 4.42. The molecule has 2 aliphatic heterocycles. The third-order valence-electron chi connectivity index (χ3n) is 7.74. The van der Waals surface area contributed by atoms with Crippen LogP contribution >= 0.6 is 0 Å². The molecule has 5 rings (SSSR count). The van der Waals surface area contributed by atoms with E-state index in [0.717, 1.165) is 17.5 Å². The second-order valence-electron chi connectivity index (χ2n) is 9.70. The zero-order chi connectivity index (χ0) is 22.9. The van der Waals surface area contributed by atoms with Gasteiger partial charge in [0.1, 0.15) is 17.7 Å². The summed E-state index contributed by atoms with van der Waals surface area (Å²) in [4.78, 5) is 2.55. The van der Waals surface area contributed by atoms with Crippen molar-refractivity contribution in [2.24, 2.45) is 5.92 Å². The van der Waals surface area contributed by atoms with Crippen LogP contribution in [0.25, 0.3) is 0 Å². The molecular weight excluding hydrogens is 416 g/mol. The van der Waals surface area contributed by atoms with Crippen LogP contribution in [0.5, 0.6) is 0 Å². The van der Waals surface area contributed by atoms with Crippen molar-refractivity contribution >= 4 is 0 Å². The van der Waals surface area contributed by atoms with Crippen LogP contribution in [-0.4, -0.2) is 30.6 Å². The van der Waals surface area contributed by atoms with Crippen LogP contribution in [0.3, 0.4) is 0 Å². The highest BCUT2D eigenvalue weighted by Crippen LogP contribution is 2.47. The van der Waals surface area contributed by atoms with Gasteiger partial charge < -0.3 is 9.64 Å². The lowest BCUT2D eigenvalue weighted by Gasteiger charge is -2.43. The van der Waals surface area contributed by atoms with Gasteiger partial charge in [0.05, 0.1) is 6.61 Å². The minimum Gasteiger partial charge on any atom is -0.368 e. The molecule has 4 atom stereocenters. The first kappa shape index (κ1) is 22.2. The molecule has 0 spiro atoms. The normalized spacial score (nSPS) is 25.0. The fourth-order valence-corrected chi connectivity index (χ4v) is 5.87. The van der Waals surface area contributed by atoms with E-state index in [-0.39, 0.29) is 17.7 Å². The van der Waals surface area contributed by atoms with Crippen molar-refractivity contribution in [3.63, 3.8) is 0 Å². The summed E-state index contributed by atoms with van der Waals surface area (Å²) < 4.78 is 33.8. The van der Waals surface area contributed by atoms with Gasteiger partial charge in [-0.25, -0.2) is 8.78 Å². The Morgan fingerprint density at radius 3 is 2.00 bits per heavy atom. The molecule has 0 aliphatic carbocycles. The highest BCUT2D eigenvalue weighted by Gasteiger charge is 2.46. The average molecular weight is 448 g/mol. The molecule has 0 unspecified atom stereocenters. The molecule has 2 aliphatic rings. The molecule has 2 fully saturated rings. The van der Waals surface area contributed by atoms with Crippen LogP contribution < -0.4 is 0 Å². The zero-order valence-electron chi connectivity index (χ0n) is 19.3. The number of hydrogen-bond donors (Lipinski definition) is 0. The number of benzene rings is 3. The fourth-order valence-electron chi connectivity index (χ4n) is 5.87. The van der Waals surface area contributed by atoms with Crippen LogP contribution in [0, 0.1) is 24.5 Å². The molecule has 2 heterocycles. The highest BCUT2D eigenvalue weighted by molar-refractivity contribution is 5.31. The summed E-state index contributed by atoms with van der Waals surface area (Å²) in [5, 5.41) is 0. The van der Waals surface area contributed by atoms with Gasteiger partial charge in [0.25, 0.3) is 0 Å². The number of halogens is 2. The van der Waals surface area contributed by atoms with Gasteiger partial charge in [-0.15, -0.1) is 0 Å². The summed E-state index contributed by atoms with van der Waals surface area (Å²) in [7, 11) is 2.25. The molecule has 2 bridgehead atoms. The first-order valence-corrected chi connectivity index (χ1v) is 11.9. The predicted molar refractivity (Wildman–Crippen MR) is 127 cm³/mol. The lowest BCUT2D eigenvalue weighted by Crippen LogP contribution is -2.47. The smallest absolute Gasteiger partial charge is 0.123 e. The number of hydrogen-bond acceptors (Lipinski definition) is 2. The Balaban J connectivity index is 1.44. The minimum atomic E-state index is -0.366. The van der Waals surface area contributed by atoms with Crippen molar-refractivity contribution in [2.45, 2.75) is 50.3 Å². The quantitative estimate of drug-likeness (QED) is 0.420. The maximum atomic E-state index is 13.6. The maximum Gasteiger partial charge on any atom is 0.123 e. The molecule has 0 saturated carbocycles. The standard InChI is InChI=1S/C29H31F2NO/c1-19-3-5-20(6-4-19)26-17-25-15-16-28(32(25)2)27(26)18-33-29(21-7-11-23(30)12-8-21)22-9-13-24(31)14-10-22/h3-14,25-29H,15-18H2,1-2H3/t25-,26+,27+,28+/m0/s1. The van der Waals surface area contributed by atoms with E-state index in [1.165, 1.54) is 48.2 Å². The molecule has 0 amide bonds. The van der Waals surface area contributed by atoms with E-state index < -0.39 is 0 Å². The second kappa shape index (κ2) is 9.36. The average Bonchev–Trinajstić information content (AvgIpc) is 3.06. The van der Waals surface area contributed by atoms with Gasteiger partial charge >= 0.3 is 0 Å². The van der Waals surface area contributed by atoms with Gasteiger partial charge in [0, 0.05) is 18.0 Å². The molecule has 2 saturated heterocycles. The van der Waals surface area contributed by atoms with Crippen molar-refractivity contribution in [3.8, 4) is 0 Å². The van der Waals surface area contributed by atoms with Gasteiger partial charge in [0.15, 0.2) is 0 Å². The van der Waals surface area contributed by atoms with Crippen LogP contribution in [0.2, 0.25) is 0 Å². The maximum absolute atomic E-state index is 13.6. The van der Waals surface area contributed by atoms with Crippen molar-refractivity contribution in [2.75, 3.05) is 13.7 Å². The van der Waals surface area contributed by atoms with Crippen LogP contribution in [0.4, 0.5) is 8.78 Å². The molecule has 0 radical (unpaired) electrons. The van der Waals surface area contributed by atoms with E-state index in [2.05, 4.69) is 43.1 Å². The molecule has 172 valence electrons. The van der Waals surface area contributed by atoms with Gasteiger partial charge in [0.2, 0.25) is 0 Å². The van der Waals surface area contributed by atoms with E-state index in [4.69, 9.17) is 4.74 Å². The van der Waals surface area contributed by atoms with Gasteiger partial charge in [-0.1, -0.05) is 54.1 Å². The third kappa shape index (κ3) is 4.60. The summed E-state index contributed by atoms with van der Waals surface area (Å²) >= 11 is 0. The monoisotopic (exact) mass is 447 g/mol. The number of fused-ring (bicyclic) bond motifs is 2. The first-order valence-electron chi connectivity index (χ1n) is 11.9. The SMILES string of the molecule is Cc1ccc([C@H]2C[C@@H]3CC[C@H]([C@@H]2COC(c2ccc(F)cc2)c2ccc(F)cc2)N3C)cc1. The molecule has 3 aromatic rings. The molecule has 0 N–H and O–H groups in total. The molecular formula is C29H31F2NO. The number of aryl methyl sites for hydroxylation is 1. The van der Waals surface area contributed by atoms with E-state index in [0.29, 0.717) is 30.5 Å². The van der Waals surface area contributed by atoms with Crippen LogP contribution in [-0.2, 0) is 4.74 Å². The van der Waals surface area contributed by atoms with Crippen molar-refractivity contribution < 1.29 is 13.5 Å². The Morgan fingerprint density at radius 1 is 0.848 bits per heavy atom. The lowest BCUT2D eigenvalue weighted by molar-refractivity contribution is -0.00339. The summed E-state index contributed by atoms with van der Waals surface area (Å²) in [6, 6.07) is 22.9. The van der Waals surface area contributed by atoms with Gasteiger partial charge in [-0.3, -0.25) is 0 Å². The Kier molecular flexibility index (Phi) is 6.31. The molecule has 4 heteroatoms. The Bertz CT molecular complexity index is 1020. The second-order valence-corrected chi connectivity index (χ2v) is 9.70. The molecule has 33 heavy (non-hydrogen) atoms. The number of rotatable bonds is 6. The number of nitrogens with zero attached hydrogens (tertiary/aromatic N) is 1.